The van der Waals surface area contributed by atoms with E-state index in [1.165, 1.54) is 6.20 Å². The normalized spacial score (nSPS) is 11.9. The van der Waals surface area contributed by atoms with Gasteiger partial charge in [-0.25, -0.2) is 12.4 Å². The summed E-state index contributed by atoms with van der Waals surface area (Å²) in [6.07, 6.45) is 3.15. The van der Waals surface area contributed by atoms with Gasteiger partial charge in [-0.05, 0) is 48.9 Å². The van der Waals surface area contributed by atoms with Crippen LogP contribution >= 0.6 is 11.6 Å². The largest absolute Gasteiger partial charge is 0.339 e. The van der Waals surface area contributed by atoms with Gasteiger partial charge in [0, 0.05) is 11.6 Å². The molecule has 0 aliphatic carbocycles. The molecule has 5 aromatic rings. The molecule has 0 saturated heterocycles. The molecule has 0 unspecified atom stereocenters. The van der Waals surface area contributed by atoms with Crippen molar-refractivity contribution in [2.75, 3.05) is 5.32 Å². The molecule has 0 radical (unpaired) electrons. The zero-order valence-electron chi connectivity index (χ0n) is 15.7. The highest BCUT2D eigenvalue weighted by Gasteiger charge is 2.22. The van der Waals surface area contributed by atoms with Crippen molar-refractivity contribution in [3.8, 4) is 0 Å². The Morgan fingerprint density at radius 1 is 1.03 bits per heavy atom. The molecule has 2 aromatic carbocycles. The highest BCUT2D eigenvalue weighted by molar-refractivity contribution is 7.90. The van der Waals surface area contributed by atoms with Crippen LogP contribution in [0.25, 0.3) is 21.9 Å². The van der Waals surface area contributed by atoms with Crippen molar-refractivity contribution >= 4 is 55.1 Å². The number of nitrogens with zero attached hydrogens (tertiary/aromatic N) is 4. The summed E-state index contributed by atoms with van der Waals surface area (Å²) in [6.45, 7) is 1.90. The van der Waals surface area contributed by atoms with Crippen LogP contribution in [-0.2, 0) is 10.0 Å². The molecule has 150 valence electrons. The van der Waals surface area contributed by atoms with Crippen LogP contribution in [0.2, 0.25) is 5.28 Å². The van der Waals surface area contributed by atoms with Gasteiger partial charge in [0.2, 0.25) is 5.28 Å². The van der Waals surface area contributed by atoms with Crippen LogP contribution in [0.3, 0.4) is 0 Å². The summed E-state index contributed by atoms with van der Waals surface area (Å²) in [5.41, 5.74) is 2.77. The van der Waals surface area contributed by atoms with Gasteiger partial charge in [-0.1, -0.05) is 23.8 Å². The van der Waals surface area contributed by atoms with Gasteiger partial charge in [-0.3, -0.25) is 5.10 Å². The number of rotatable bonds is 4. The minimum atomic E-state index is -3.85. The SMILES string of the molecule is Cc1ccc(S(=O)(=O)n2ccc3c(Nc4cccc5[nH]ncc45)nc(Cl)nc32)cc1. The lowest BCUT2D eigenvalue weighted by Gasteiger charge is -2.10. The second kappa shape index (κ2) is 6.82. The van der Waals surface area contributed by atoms with E-state index < -0.39 is 10.0 Å². The zero-order chi connectivity index (χ0) is 20.9. The molecule has 0 aliphatic heterocycles. The van der Waals surface area contributed by atoms with Gasteiger partial charge in [-0.15, -0.1) is 0 Å². The van der Waals surface area contributed by atoms with Crippen LogP contribution in [0.15, 0.2) is 65.8 Å². The van der Waals surface area contributed by atoms with Gasteiger partial charge in [0.1, 0.15) is 5.82 Å². The molecule has 0 atom stereocenters. The molecule has 0 fully saturated rings. The first-order chi connectivity index (χ1) is 14.4. The minimum absolute atomic E-state index is 0.0663. The number of halogens is 1. The molecular weight excluding hydrogens is 424 g/mol. The number of anilines is 2. The third-order valence-corrected chi connectivity index (χ3v) is 6.65. The number of hydrogen-bond acceptors (Lipinski definition) is 6. The highest BCUT2D eigenvalue weighted by atomic mass is 35.5. The fourth-order valence-electron chi connectivity index (χ4n) is 3.28. The Morgan fingerprint density at radius 3 is 2.63 bits per heavy atom. The van der Waals surface area contributed by atoms with E-state index in [1.54, 1.807) is 36.5 Å². The second-order valence-electron chi connectivity index (χ2n) is 6.77. The number of aromatic nitrogens is 5. The van der Waals surface area contributed by atoms with Gasteiger partial charge < -0.3 is 5.32 Å². The molecule has 2 N–H and O–H groups in total. The first kappa shape index (κ1) is 18.6. The lowest BCUT2D eigenvalue weighted by atomic mass is 10.2. The molecule has 0 spiro atoms. The Morgan fingerprint density at radius 2 is 1.83 bits per heavy atom. The maximum absolute atomic E-state index is 13.2. The maximum atomic E-state index is 13.2. The summed E-state index contributed by atoms with van der Waals surface area (Å²) in [7, 11) is -3.85. The predicted octanol–water partition coefficient (Wildman–Crippen LogP) is 4.25. The zero-order valence-corrected chi connectivity index (χ0v) is 17.2. The summed E-state index contributed by atoms with van der Waals surface area (Å²) < 4.78 is 27.5. The van der Waals surface area contributed by atoms with E-state index in [-0.39, 0.29) is 15.8 Å². The van der Waals surface area contributed by atoms with E-state index in [0.717, 1.165) is 26.1 Å². The number of benzene rings is 2. The molecule has 0 aliphatic rings. The molecule has 5 rings (SSSR count). The van der Waals surface area contributed by atoms with Crippen LogP contribution in [0.4, 0.5) is 11.5 Å². The van der Waals surface area contributed by atoms with Gasteiger partial charge in [0.05, 0.1) is 27.7 Å². The maximum Gasteiger partial charge on any atom is 0.269 e. The number of nitrogens with one attached hydrogen (secondary N) is 2. The molecular formula is C20H15ClN6O2S. The number of aryl methyl sites for hydroxylation is 1. The van der Waals surface area contributed by atoms with Crippen molar-refractivity contribution in [1.29, 1.82) is 0 Å². The number of hydrogen-bond donors (Lipinski definition) is 2. The summed E-state index contributed by atoms with van der Waals surface area (Å²) >= 11 is 6.14. The third-order valence-electron chi connectivity index (χ3n) is 4.80. The van der Waals surface area contributed by atoms with Crippen LogP contribution in [-0.4, -0.2) is 32.6 Å². The Kier molecular flexibility index (Phi) is 4.23. The topological polar surface area (TPSA) is 106 Å². The van der Waals surface area contributed by atoms with Gasteiger partial charge >= 0.3 is 0 Å². The number of fused-ring (bicyclic) bond motifs is 2. The van der Waals surface area contributed by atoms with Crippen LogP contribution in [0.1, 0.15) is 5.56 Å². The van der Waals surface area contributed by atoms with E-state index in [1.807, 2.05) is 25.1 Å². The summed E-state index contributed by atoms with van der Waals surface area (Å²) in [4.78, 5) is 8.62. The van der Waals surface area contributed by atoms with Crippen molar-refractivity contribution in [2.45, 2.75) is 11.8 Å². The lowest BCUT2D eigenvalue weighted by molar-refractivity contribution is 0.588. The molecule has 30 heavy (non-hydrogen) atoms. The Hall–Kier alpha value is -3.43. The molecule has 0 bridgehead atoms. The monoisotopic (exact) mass is 438 g/mol. The van der Waals surface area contributed by atoms with E-state index in [2.05, 4.69) is 25.5 Å². The van der Waals surface area contributed by atoms with Gasteiger partial charge in [-0.2, -0.15) is 15.1 Å². The Labute approximate surface area is 176 Å². The van der Waals surface area contributed by atoms with Gasteiger partial charge in [0.15, 0.2) is 5.65 Å². The van der Waals surface area contributed by atoms with Gasteiger partial charge in [0.25, 0.3) is 10.0 Å². The minimum Gasteiger partial charge on any atom is -0.339 e. The molecule has 8 nitrogen and oxygen atoms in total. The Balaban J connectivity index is 1.65. The van der Waals surface area contributed by atoms with Crippen molar-refractivity contribution in [2.24, 2.45) is 0 Å². The molecule has 0 amide bonds. The predicted molar refractivity (Wildman–Crippen MR) is 116 cm³/mol. The fraction of sp³-hybridized carbons (Fsp3) is 0.0500. The summed E-state index contributed by atoms with van der Waals surface area (Å²) in [6, 6.07) is 13.9. The Bertz CT molecular complexity index is 1510. The lowest BCUT2D eigenvalue weighted by Crippen LogP contribution is -2.12. The standard InChI is InChI=1S/C20H15ClN6O2S/c1-12-5-7-13(8-6-12)30(28,29)27-10-9-14-18(24-20(21)25-19(14)27)23-16-3-2-4-17-15(16)11-22-26-17/h2-11H,1H3,(H,22,26)(H,23,24,25). The van der Waals surface area contributed by atoms with Crippen LogP contribution in [0.5, 0.6) is 0 Å². The van der Waals surface area contributed by atoms with Crippen molar-refractivity contribution in [3.63, 3.8) is 0 Å². The second-order valence-corrected chi connectivity index (χ2v) is 8.92. The molecule has 10 heteroatoms. The van der Waals surface area contributed by atoms with E-state index in [4.69, 9.17) is 11.6 Å². The van der Waals surface area contributed by atoms with E-state index in [0.29, 0.717) is 11.2 Å². The summed E-state index contributed by atoms with van der Waals surface area (Å²) in [5.74, 6) is 0.400. The smallest absolute Gasteiger partial charge is 0.269 e. The number of H-pyrrole nitrogens is 1. The third kappa shape index (κ3) is 2.99. The van der Waals surface area contributed by atoms with E-state index >= 15 is 0 Å². The molecule has 3 aromatic heterocycles. The van der Waals surface area contributed by atoms with Crippen molar-refractivity contribution in [3.05, 3.63) is 71.8 Å². The first-order valence-electron chi connectivity index (χ1n) is 8.99. The van der Waals surface area contributed by atoms with Crippen LogP contribution < -0.4 is 5.32 Å². The average molecular weight is 439 g/mol. The number of aromatic amines is 1. The first-order valence-corrected chi connectivity index (χ1v) is 10.8. The fourth-order valence-corrected chi connectivity index (χ4v) is 4.74. The van der Waals surface area contributed by atoms with E-state index in [9.17, 15) is 8.42 Å². The van der Waals surface area contributed by atoms with Crippen LogP contribution in [0, 0.1) is 6.92 Å². The van der Waals surface area contributed by atoms with Crippen molar-refractivity contribution in [1.82, 2.24) is 24.1 Å². The molecule has 3 heterocycles. The quantitative estimate of drug-likeness (QED) is 0.406. The summed E-state index contributed by atoms with van der Waals surface area (Å²) in [5, 5.41) is 11.5. The highest BCUT2D eigenvalue weighted by Crippen LogP contribution is 2.31. The molecule has 0 saturated carbocycles. The van der Waals surface area contributed by atoms with Crippen molar-refractivity contribution < 1.29 is 8.42 Å². The average Bonchev–Trinajstić information content (AvgIpc) is 3.36.